The van der Waals surface area contributed by atoms with Crippen LogP contribution in [0.25, 0.3) is 0 Å². The molecule has 12 heavy (non-hydrogen) atoms. The Balaban J connectivity index is 2.48. The molecule has 65 valence electrons. The number of rotatable bonds is 4. The molecule has 1 radical (unpaired) electrons. The molecule has 3 nitrogen and oxygen atoms in total. The number of aromatic nitrogens is 2. The van der Waals surface area contributed by atoms with E-state index in [4.69, 9.17) is 0 Å². The van der Waals surface area contributed by atoms with Gasteiger partial charge in [0.1, 0.15) is 5.82 Å². The molecule has 0 aliphatic rings. The lowest BCUT2D eigenvalue weighted by molar-refractivity contribution is 0.758. The maximum absolute atomic E-state index is 4.02. The molecule has 0 amide bonds. The maximum atomic E-state index is 4.02. The number of unbranched alkanes of at least 4 members (excludes halogenated alkanes) is 1. The fourth-order valence-electron chi connectivity index (χ4n) is 0.977. The van der Waals surface area contributed by atoms with Crippen LogP contribution in [0.2, 0.25) is 0 Å². The fraction of sp³-hybridized carbons (Fsp3) is 0.556. The van der Waals surface area contributed by atoms with E-state index in [1.165, 1.54) is 12.8 Å². The second-order valence-electron chi connectivity index (χ2n) is 2.79. The van der Waals surface area contributed by atoms with Crippen LogP contribution in [0.3, 0.4) is 0 Å². The Morgan fingerprint density at radius 1 is 1.58 bits per heavy atom. The number of hydrogen-bond acceptors (Lipinski definition) is 3. The summed E-state index contributed by atoms with van der Waals surface area (Å²) in [7, 11) is 2.03. The molecule has 0 unspecified atom stereocenters. The average molecular weight is 164 g/mol. The first kappa shape index (κ1) is 8.97. The first-order valence-corrected chi connectivity index (χ1v) is 4.25. The summed E-state index contributed by atoms with van der Waals surface area (Å²) in [5, 5.41) is 0. The minimum Gasteiger partial charge on any atom is -0.360 e. The molecular weight excluding hydrogens is 150 g/mol. The number of anilines is 1. The molecule has 0 saturated carbocycles. The Morgan fingerprint density at radius 2 is 2.42 bits per heavy atom. The monoisotopic (exact) mass is 164 g/mol. The molecular formula is C9H14N3. The lowest BCUT2D eigenvalue weighted by Crippen LogP contribution is -2.19. The lowest BCUT2D eigenvalue weighted by atomic mass is 10.3. The molecule has 1 aromatic rings. The topological polar surface area (TPSA) is 29.0 Å². The molecule has 3 heteroatoms. The summed E-state index contributed by atoms with van der Waals surface area (Å²) in [5.41, 5.74) is 0. The standard InChI is InChI=1S/C9H14N3/c1-3-4-7-12(2)9-5-6-10-8-11-9/h5-6H,3-4,7H2,1-2H3. The summed E-state index contributed by atoms with van der Waals surface area (Å²) in [6.07, 6.45) is 6.69. The summed E-state index contributed by atoms with van der Waals surface area (Å²) in [6.45, 7) is 3.22. The highest BCUT2D eigenvalue weighted by atomic mass is 15.2. The van der Waals surface area contributed by atoms with Crippen LogP contribution in [0.1, 0.15) is 19.8 Å². The molecule has 0 bridgehead atoms. The van der Waals surface area contributed by atoms with Crippen LogP contribution in [0.5, 0.6) is 0 Å². The van der Waals surface area contributed by atoms with Crippen LogP contribution in [-0.4, -0.2) is 23.6 Å². The minimum absolute atomic E-state index is 0.943. The van der Waals surface area contributed by atoms with Crippen LogP contribution >= 0.6 is 0 Å². The molecule has 0 aliphatic heterocycles. The zero-order chi connectivity index (χ0) is 8.81. The van der Waals surface area contributed by atoms with Gasteiger partial charge in [-0.25, -0.2) is 9.97 Å². The second-order valence-corrected chi connectivity index (χ2v) is 2.79. The van der Waals surface area contributed by atoms with E-state index >= 15 is 0 Å². The summed E-state index contributed by atoms with van der Waals surface area (Å²) in [5.74, 6) is 0.943. The van der Waals surface area contributed by atoms with Crippen molar-refractivity contribution in [2.75, 3.05) is 18.5 Å². The minimum atomic E-state index is 0.943. The highest BCUT2D eigenvalue weighted by Crippen LogP contribution is 2.05. The SMILES string of the molecule is CCCCN(C)c1ccn[c]n1. The number of nitrogens with zero attached hydrogens (tertiary/aromatic N) is 3. The Hall–Kier alpha value is -1.12. The Kier molecular flexibility index (Phi) is 3.51. The molecule has 1 aromatic heterocycles. The first-order valence-electron chi connectivity index (χ1n) is 4.25. The van der Waals surface area contributed by atoms with E-state index in [1.807, 2.05) is 13.1 Å². The van der Waals surface area contributed by atoms with E-state index in [-0.39, 0.29) is 0 Å². The van der Waals surface area contributed by atoms with Gasteiger partial charge in [-0.05, 0) is 12.5 Å². The van der Waals surface area contributed by atoms with E-state index in [0.29, 0.717) is 0 Å². The van der Waals surface area contributed by atoms with Crippen LogP contribution in [-0.2, 0) is 0 Å². The lowest BCUT2D eigenvalue weighted by Gasteiger charge is -2.16. The van der Waals surface area contributed by atoms with Gasteiger partial charge in [-0.2, -0.15) is 0 Å². The van der Waals surface area contributed by atoms with Gasteiger partial charge < -0.3 is 4.90 Å². The highest BCUT2D eigenvalue weighted by molar-refractivity contribution is 5.34. The van der Waals surface area contributed by atoms with Crippen LogP contribution in [0, 0.1) is 6.33 Å². The summed E-state index contributed by atoms with van der Waals surface area (Å²) in [6, 6.07) is 1.90. The van der Waals surface area contributed by atoms with Gasteiger partial charge in [0.05, 0.1) is 0 Å². The third-order valence-corrected chi connectivity index (χ3v) is 1.76. The Labute approximate surface area is 73.5 Å². The van der Waals surface area contributed by atoms with Crippen LogP contribution < -0.4 is 4.90 Å². The van der Waals surface area contributed by atoms with Crippen molar-refractivity contribution in [1.82, 2.24) is 9.97 Å². The predicted octanol–water partition coefficient (Wildman–Crippen LogP) is 1.51. The van der Waals surface area contributed by atoms with Crippen molar-refractivity contribution in [2.24, 2.45) is 0 Å². The zero-order valence-corrected chi connectivity index (χ0v) is 7.62. The first-order chi connectivity index (χ1) is 5.84. The fourth-order valence-corrected chi connectivity index (χ4v) is 0.977. The third-order valence-electron chi connectivity index (χ3n) is 1.76. The van der Waals surface area contributed by atoms with Gasteiger partial charge in [0.15, 0.2) is 6.33 Å². The molecule has 0 fully saturated rings. The van der Waals surface area contributed by atoms with Gasteiger partial charge in [0.2, 0.25) is 0 Å². The van der Waals surface area contributed by atoms with Gasteiger partial charge in [-0.1, -0.05) is 13.3 Å². The smallest absolute Gasteiger partial charge is 0.199 e. The summed E-state index contributed by atoms with van der Waals surface area (Å²) in [4.78, 5) is 9.88. The Bertz CT molecular complexity index is 210. The van der Waals surface area contributed by atoms with Gasteiger partial charge in [-0.3, -0.25) is 0 Å². The molecule has 0 spiro atoms. The van der Waals surface area contributed by atoms with Crippen molar-refractivity contribution in [3.63, 3.8) is 0 Å². The predicted molar refractivity (Wildman–Crippen MR) is 49.0 cm³/mol. The third kappa shape index (κ3) is 2.49. The van der Waals surface area contributed by atoms with Gasteiger partial charge >= 0.3 is 0 Å². The van der Waals surface area contributed by atoms with E-state index in [0.717, 1.165) is 12.4 Å². The largest absolute Gasteiger partial charge is 0.360 e. The van der Waals surface area contributed by atoms with E-state index in [1.54, 1.807) is 6.20 Å². The average Bonchev–Trinajstić information content (AvgIpc) is 2.15. The van der Waals surface area contributed by atoms with Gasteiger partial charge in [0, 0.05) is 19.8 Å². The molecule has 0 aliphatic carbocycles. The molecule has 1 heterocycles. The van der Waals surface area contributed by atoms with E-state index < -0.39 is 0 Å². The van der Waals surface area contributed by atoms with E-state index in [9.17, 15) is 0 Å². The van der Waals surface area contributed by atoms with Crippen molar-refractivity contribution < 1.29 is 0 Å². The zero-order valence-electron chi connectivity index (χ0n) is 7.62. The van der Waals surface area contributed by atoms with Crippen molar-refractivity contribution >= 4 is 5.82 Å². The van der Waals surface area contributed by atoms with Crippen LogP contribution in [0.15, 0.2) is 12.3 Å². The van der Waals surface area contributed by atoms with Crippen LogP contribution in [0.4, 0.5) is 5.82 Å². The van der Waals surface area contributed by atoms with Crippen molar-refractivity contribution in [3.05, 3.63) is 18.6 Å². The summed E-state index contributed by atoms with van der Waals surface area (Å²) < 4.78 is 0. The molecule has 0 aromatic carbocycles. The Morgan fingerprint density at radius 3 is 3.00 bits per heavy atom. The maximum Gasteiger partial charge on any atom is 0.199 e. The summed E-state index contributed by atoms with van der Waals surface area (Å²) >= 11 is 0. The molecule has 0 saturated heterocycles. The molecule has 1 rings (SSSR count). The highest BCUT2D eigenvalue weighted by Gasteiger charge is 1.98. The second kappa shape index (κ2) is 4.70. The van der Waals surface area contributed by atoms with Crippen molar-refractivity contribution in [3.8, 4) is 0 Å². The quantitative estimate of drug-likeness (QED) is 0.675. The van der Waals surface area contributed by atoms with Crippen molar-refractivity contribution in [2.45, 2.75) is 19.8 Å². The normalized spacial score (nSPS) is 9.83. The van der Waals surface area contributed by atoms with E-state index in [2.05, 4.69) is 28.1 Å². The molecule has 0 N–H and O–H groups in total. The number of hydrogen-bond donors (Lipinski definition) is 0. The van der Waals surface area contributed by atoms with Gasteiger partial charge in [0.25, 0.3) is 0 Å². The molecule has 0 atom stereocenters. The van der Waals surface area contributed by atoms with Gasteiger partial charge in [-0.15, -0.1) is 0 Å². The van der Waals surface area contributed by atoms with Crippen molar-refractivity contribution in [1.29, 1.82) is 0 Å².